The highest BCUT2D eigenvalue weighted by atomic mass is 16.5. The van der Waals surface area contributed by atoms with Crippen molar-refractivity contribution >= 4 is 5.97 Å². The fourth-order valence-electron chi connectivity index (χ4n) is 0.389. The topological polar surface area (TPSA) is 52.3 Å². The van der Waals surface area contributed by atoms with Crippen molar-refractivity contribution in [2.24, 2.45) is 5.73 Å². The van der Waals surface area contributed by atoms with E-state index < -0.39 is 6.04 Å². The summed E-state index contributed by atoms with van der Waals surface area (Å²) in [5, 5.41) is 0. The van der Waals surface area contributed by atoms with Gasteiger partial charge in [0.1, 0.15) is 6.04 Å². The van der Waals surface area contributed by atoms with Crippen molar-refractivity contribution < 1.29 is 9.53 Å². The number of nitrogens with two attached hydrogens (primary N) is 1. The molecule has 0 unspecified atom stereocenters. The van der Waals surface area contributed by atoms with Gasteiger partial charge in [-0.2, -0.15) is 0 Å². The minimum atomic E-state index is -0.506. The summed E-state index contributed by atoms with van der Waals surface area (Å²) in [7, 11) is 0. The van der Waals surface area contributed by atoms with Crippen LogP contribution in [0.4, 0.5) is 0 Å². The Kier molecular flexibility index (Phi) is 4.03. The van der Waals surface area contributed by atoms with Gasteiger partial charge >= 0.3 is 5.97 Å². The molecule has 3 heteroatoms. The summed E-state index contributed by atoms with van der Waals surface area (Å²) in [5.41, 5.74) is 5.26. The van der Waals surface area contributed by atoms with Gasteiger partial charge in [0.25, 0.3) is 0 Å². The van der Waals surface area contributed by atoms with Crippen molar-refractivity contribution in [3.8, 4) is 0 Å². The molecule has 0 aliphatic heterocycles. The molecule has 0 bridgehead atoms. The first-order valence-corrected chi connectivity index (χ1v) is 3.54. The first-order valence-electron chi connectivity index (χ1n) is 3.54. The zero-order valence-corrected chi connectivity index (χ0v) is 6.76. The van der Waals surface area contributed by atoms with Crippen LogP contribution in [0.25, 0.3) is 0 Å². The molecular formula is C7H15NO2. The van der Waals surface area contributed by atoms with Crippen molar-refractivity contribution in [3.05, 3.63) is 0 Å². The van der Waals surface area contributed by atoms with E-state index in [0.717, 1.165) is 6.42 Å². The third kappa shape index (κ3) is 3.45. The first-order chi connectivity index (χ1) is 4.57. The van der Waals surface area contributed by atoms with Gasteiger partial charge in [0.15, 0.2) is 0 Å². The van der Waals surface area contributed by atoms with Crippen LogP contribution < -0.4 is 5.73 Å². The van der Waals surface area contributed by atoms with Crippen LogP contribution in [-0.2, 0) is 9.53 Å². The van der Waals surface area contributed by atoms with Crippen LogP contribution in [0, 0.1) is 0 Å². The van der Waals surface area contributed by atoms with Gasteiger partial charge in [-0.15, -0.1) is 0 Å². The van der Waals surface area contributed by atoms with Crippen LogP contribution in [0.2, 0.25) is 0 Å². The Morgan fingerprint density at radius 1 is 1.60 bits per heavy atom. The molecule has 0 aromatic carbocycles. The molecule has 0 aromatic heterocycles. The lowest BCUT2D eigenvalue weighted by molar-refractivity contribution is -0.149. The van der Waals surface area contributed by atoms with Gasteiger partial charge in [-0.25, -0.2) is 0 Å². The molecule has 0 aliphatic rings. The maximum atomic E-state index is 10.8. The lowest BCUT2D eigenvalue weighted by atomic mass is 10.3. The predicted octanol–water partition coefficient (Wildman–Crippen LogP) is 0.675. The van der Waals surface area contributed by atoms with Crippen LogP contribution in [-0.4, -0.2) is 18.1 Å². The predicted molar refractivity (Wildman–Crippen MR) is 39.5 cm³/mol. The Labute approximate surface area is 61.5 Å². The van der Waals surface area contributed by atoms with Crippen molar-refractivity contribution in [2.45, 2.75) is 39.3 Å². The third-order valence-corrected chi connectivity index (χ3v) is 1.26. The Morgan fingerprint density at radius 2 is 2.10 bits per heavy atom. The summed E-state index contributed by atoms with van der Waals surface area (Å²) in [5.74, 6) is -0.325. The smallest absolute Gasteiger partial charge is 0.322 e. The van der Waals surface area contributed by atoms with E-state index in [2.05, 4.69) is 0 Å². The Hall–Kier alpha value is -0.570. The molecule has 10 heavy (non-hydrogen) atoms. The maximum absolute atomic E-state index is 10.8. The minimum Gasteiger partial charge on any atom is -0.462 e. The summed E-state index contributed by atoms with van der Waals surface area (Å²) < 4.78 is 4.90. The molecule has 2 atom stereocenters. The SMILES string of the molecule is CC[C@H](C)OC(=O)[C@H](C)N. The van der Waals surface area contributed by atoms with E-state index in [4.69, 9.17) is 10.5 Å². The second-order valence-corrected chi connectivity index (χ2v) is 2.44. The molecule has 0 spiro atoms. The lowest BCUT2D eigenvalue weighted by Gasteiger charge is -2.11. The zero-order chi connectivity index (χ0) is 8.15. The van der Waals surface area contributed by atoms with Gasteiger partial charge in [0.05, 0.1) is 6.10 Å². The second kappa shape index (κ2) is 4.28. The summed E-state index contributed by atoms with van der Waals surface area (Å²) in [6, 6.07) is -0.506. The zero-order valence-electron chi connectivity index (χ0n) is 6.76. The van der Waals surface area contributed by atoms with Gasteiger partial charge in [-0.1, -0.05) is 6.92 Å². The molecule has 60 valence electrons. The van der Waals surface area contributed by atoms with Crippen LogP contribution in [0.15, 0.2) is 0 Å². The molecule has 0 amide bonds. The molecule has 0 saturated carbocycles. The molecular weight excluding hydrogens is 130 g/mol. The molecule has 0 saturated heterocycles. The highest BCUT2D eigenvalue weighted by Gasteiger charge is 2.11. The van der Waals surface area contributed by atoms with E-state index in [1.165, 1.54) is 0 Å². The van der Waals surface area contributed by atoms with E-state index in [1.54, 1.807) is 6.92 Å². The summed E-state index contributed by atoms with van der Waals surface area (Å²) in [6.45, 7) is 5.42. The van der Waals surface area contributed by atoms with Crippen molar-refractivity contribution in [1.82, 2.24) is 0 Å². The van der Waals surface area contributed by atoms with E-state index >= 15 is 0 Å². The average Bonchev–Trinajstić information content (AvgIpc) is 1.87. The summed E-state index contributed by atoms with van der Waals surface area (Å²) >= 11 is 0. The molecule has 0 aliphatic carbocycles. The average molecular weight is 145 g/mol. The number of carbonyl (C=O) groups is 1. The van der Waals surface area contributed by atoms with Crippen LogP contribution in [0.5, 0.6) is 0 Å². The van der Waals surface area contributed by atoms with E-state index in [1.807, 2.05) is 13.8 Å². The fourth-order valence-corrected chi connectivity index (χ4v) is 0.389. The highest BCUT2D eigenvalue weighted by Crippen LogP contribution is 1.97. The standard InChI is InChI=1S/C7H15NO2/c1-4-5(2)10-7(9)6(3)8/h5-6H,4,8H2,1-3H3/t5-,6-/m0/s1. The monoisotopic (exact) mass is 145 g/mol. The van der Waals surface area contributed by atoms with Crippen molar-refractivity contribution in [3.63, 3.8) is 0 Å². The largest absolute Gasteiger partial charge is 0.462 e. The second-order valence-electron chi connectivity index (χ2n) is 2.44. The maximum Gasteiger partial charge on any atom is 0.322 e. The Balaban J connectivity index is 3.57. The summed E-state index contributed by atoms with van der Waals surface area (Å²) in [4.78, 5) is 10.8. The van der Waals surface area contributed by atoms with Crippen molar-refractivity contribution in [1.29, 1.82) is 0 Å². The van der Waals surface area contributed by atoms with Gasteiger partial charge in [-0.3, -0.25) is 4.79 Å². The van der Waals surface area contributed by atoms with Gasteiger partial charge in [0, 0.05) is 0 Å². The van der Waals surface area contributed by atoms with Gasteiger partial charge < -0.3 is 10.5 Å². The van der Waals surface area contributed by atoms with Gasteiger partial charge in [0.2, 0.25) is 0 Å². The van der Waals surface area contributed by atoms with Gasteiger partial charge in [-0.05, 0) is 20.3 Å². The number of ether oxygens (including phenoxy) is 1. The molecule has 2 N–H and O–H groups in total. The molecule has 0 fully saturated rings. The molecule has 0 radical (unpaired) electrons. The highest BCUT2D eigenvalue weighted by molar-refractivity contribution is 5.75. The number of hydrogen-bond donors (Lipinski definition) is 1. The number of carbonyl (C=O) groups excluding carboxylic acids is 1. The van der Waals surface area contributed by atoms with Crippen LogP contribution in [0.1, 0.15) is 27.2 Å². The molecule has 0 heterocycles. The third-order valence-electron chi connectivity index (χ3n) is 1.26. The number of hydrogen-bond acceptors (Lipinski definition) is 3. The molecule has 3 nitrogen and oxygen atoms in total. The first kappa shape index (κ1) is 9.43. The number of rotatable bonds is 3. The normalized spacial score (nSPS) is 16.0. The molecule has 0 rings (SSSR count). The van der Waals surface area contributed by atoms with E-state index in [0.29, 0.717) is 0 Å². The minimum absolute atomic E-state index is 0.0153. The fraction of sp³-hybridized carbons (Fsp3) is 0.857. The van der Waals surface area contributed by atoms with E-state index in [9.17, 15) is 4.79 Å². The Bertz CT molecular complexity index is 112. The number of esters is 1. The van der Waals surface area contributed by atoms with Crippen molar-refractivity contribution in [2.75, 3.05) is 0 Å². The quantitative estimate of drug-likeness (QED) is 0.594. The van der Waals surface area contributed by atoms with Crippen LogP contribution in [0.3, 0.4) is 0 Å². The van der Waals surface area contributed by atoms with Crippen LogP contribution >= 0.6 is 0 Å². The lowest BCUT2D eigenvalue weighted by Crippen LogP contribution is -2.31. The summed E-state index contributed by atoms with van der Waals surface area (Å²) in [6.07, 6.45) is 0.817. The van der Waals surface area contributed by atoms with E-state index in [-0.39, 0.29) is 12.1 Å². The molecule has 0 aromatic rings. The Morgan fingerprint density at radius 3 is 2.40 bits per heavy atom.